The maximum absolute atomic E-state index is 12.7. The molecule has 144 valence electrons. The zero-order valence-corrected chi connectivity index (χ0v) is 15.6. The number of hydrogen-bond acceptors (Lipinski definition) is 6. The van der Waals surface area contributed by atoms with Crippen molar-refractivity contribution in [1.82, 2.24) is 30.0 Å². The van der Waals surface area contributed by atoms with Crippen LogP contribution in [0.2, 0.25) is 0 Å². The van der Waals surface area contributed by atoms with E-state index < -0.39 is 5.60 Å². The van der Waals surface area contributed by atoms with Gasteiger partial charge in [-0.3, -0.25) is 9.78 Å². The van der Waals surface area contributed by atoms with E-state index in [-0.39, 0.29) is 11.9 Å². The third-order valence-electron chi connectivity index (χ3n) is 5.76. The molecule has 8 nitrogen and oxygen atoms in total. The van der Waals surface area contributed by atoms with Crippen LogP contribution in [0.5, 0.6) is 0 Å². The number of carbonyl (C=O) groups excluding carboxylic acids is 1. The van der Waals surface area contributed by atoms with Gasteiger partial charge in [-0.2, -0.15) is 0 Å². The average Bonchev–Trinajstić information content (AvgIpc) is 2.99. The van der Waals surface area contributed by atoms with Gasteiger partial charge in [-0.1, -0.05) is 0 Å². The van der Waals surface area contributed by atoms with E-state index >= 15 is 0 Å². The molecule has 2 N–H and O–H groups in total. The highest BCUT2D eigenvalue weighted by Crippen LogP contribution is 2.25. The number of nitrogens with one attached hydrogen (secondary N) is 1. The number of piperidine rings is 1. The van der Waals surface area contributed by atoms with Crippen molar-refractivity contribution in [3.63, 3.8) is 0 Å². The van der Waals surface area contributed by atoms with E-state index in [9.17, 15) is 9.90 Å². The van der Waals surface area contributed by atoms with Gasteiger partial charge in [-0.15, -0.1) is 10.2 Å². The lowest BCUT2D eigenvalue weighted by Crippen LogP contribution is -2.55. The van der Waals surface area contributed by atoms with Crippen LogP contribution in [0.25, 0.3) is 11.4 Å². The van der Waals surface area contributed by atoms with E-state index in [2.05, 4.69) is 30.0 Å². The second-order valence-corrected chi connectivity index (χ2v) is 7.66. The van der Waals surface area contributed by atoms with Crippen molar-refractivity contribution in [2.24, 2.45) is 0 Å². The average molecular weight is 370 g/mol. The Morgan fingerprint density at radius 1 is 1.19 bits per heavy atom. The first-order chi connectivity index (χ1) is 13.0. The number of pyridine rings is 1. The molecule has 1 amide bonds. The third-order valence-corrected chi connectivity index (χ3v) is 5.76. The van der Waals surface area contributed by atoms with Crippen LogP contribution in [0, 0.1) is 0 Å². The molecule has 2 aromatic rings. The summed E-state index contributed by atoms with van der Waals surface area (Å²) in [4.78, 5) is 18.9. The molecule has 1 saturated heterocycles. The Morgan fingerprint density at radius 3 is 2.67 bits per heavy atom. The molecule has 0 radical (unpaired) electrons. The summed E-state index contributed by atoms with van der Waals surface area (Å²) in [5, 5.41) is 22.5. The standard InChI is InChI=1S/C19H26N6O2/c1-24-12-7-19(27,8-13-24)18(26)21-15-2-3-16-22-23-17(25(16)11-6-15)14-4-9-20-10-5-14/h4-5,9-10,15,27H,2-3,6-8,11-13H2,1H3,(H,21,26). The van der Waals surface area contributed by atoms with Crippen LogP contribution < -0.4 is 5.32 Å². The Balaban J connectivity index is 1.42. The number of amides is 1. The number of hydrogen-bond donors (Lipinski definition) is 2. The van der Waals surface area contributed by atoms with Crippen LogP contribution in [-0.4, -0.2) is 67.4 Å². The summed E-state index contributed by atoms with van der Waals surface area (Å²) in [7, 11) is 2.01. The minimum absolute atomic E-state index is 0.0353. The fourth-order valence-corrected chi connectivity index (χ4v) is 3.88. The van der Waals surface area contributed by atoms with Crippen LogP contribution in [0.1, 0.15) is 31.5 Å². The van der Waals surface area contributed by atoms with Gasteiger partial charge in [-0.05, 0) is 44.9 Å². The third kappa shape index (κ3) is 3.72. The van der Waals surface area contributed by atoms with Crippen molar-refractivity contribution in [2.45, 2.75) is 50.3 Å². The summed E-state index contributed by atoms with van der Waals surface area (Å²) in [6.45, 7) is 2.22. The van der Waals surface area contributed by atoms with E-state index in [1.807, 2.05) is 19.2 Å². The van der Waals surface area contributed by atoms with Crippen LogP contribution in [-0.2, 0) is 17.8 Å². The van der Waals surface area contributed by atoms with Crippen molar-refractivity contribution < 1.29 is 9.90 Å². The summed E-state index contributed by atoms with van der Waals surface area (Å²) in [6.07, 6.45) is 6.82. The molecule has 2 aliphatic rings. The summed E-state index contributed by atoms with van der Waals surface area (Å²) >= 11 is 0. The van der Waals surface area contributed by atoms with E-state index in [1.165, 1.54) is 0 Å². The molecule has 2 aromatic heterocycles. The predicted molar refractivity (Wildman–Crippen MR) is 99.8 cm³/mol. The molecule has 4 rings (SSSR count). The van der Waals surface area contributed by atoms with Gasteiger partial charge in [0.2, 0.25) is 0 Å². The van der Waals surface area contributed by atoms with Gasteiger partial charge in [-0.25, -0.2) is 0 Å². The van der Waals surface area contributed by atoms with Crippen LogP contribution >= 0.6 is 0 Å². The van der Waals surface area contributed by atoms with Gasteiger partial charge in [0.1, 0.15) is 11.4 Å². The molecule has 27 heavy (non-hydrogen) atoms. The summed E-state index contributed by atoms with van der Waals surface area (Å²) in [6, 6.07) is 3.89. The van der Waals surface area contributed by atoms with Crippen molar-refractivity contribution in [2.75, 3.05) is 20.1 Å². The molecule has 1 fully saturated rings. The fraction of sp³-hybridized carbons (Fsp3) is 0.579. The monoisotopic (exact) mass is 370 g/mol. The Morgan fingerprint density at radius 2 is 1.93 bits per heavy atom. The van der Waals surface area contributed by atoms with Crippen LogP contribution in [0.3, 0.4) is 0 Å². The van der Waals surface area contributed by atoms with Gasteiger partial charge in [0.25, 0.3) is 5.91 Å². The molecular formula is C19H26N6O2. The second-order valence-electron chi connectivity index (χ2n) is 7.66. The van der Waals surface area contributed by atoms with E-state index in [0.717, 1.165) is 56.1 Å². The highest BCUT2D eigenvalue weighted by Gasteiger charge is 2.39. The van der Waals surface area contributed by atoms with Gasteiger partial charge < -0.3 is 19.9 Å². The van der Waals surface area contributed by atoms with Crippen molar-refractivity contribution in [3.05, 3.63) is 30.4 Å². The minimum Gasteiger partial charge on any atom is -0.380 e. The smallest absolute Gasteiger partial charge is 0.252 e. The van der Waals surface area contributed by atoms with Gasteiger partial charge >= 0.3 is 0 Å². The number of rotatable bonds is 3. The number of aromatic nitrogens is 4. The number of likely N-dealkylation sites (tertiary alicyclic amines) is 1. The van der Waals surface area contributed by atoms with Crippen LogP contribution in [0.4, 0.5) is 0 Å². The molecule has 1 unspecified atom stereocenters. The maximum Gasteiger partial charge on any atom is 0.252 e. The quantitative estimate of drug-likeness (QED) is 0.822. The zero-order valence-electron chi connectivity index (χ0n) is 15.6. The first-order valence-electron chi connectivity index (χ1n) is 9.59. The normalized spacial score (nSPS) is 22.7. The highest BCUT2D eigenvalue weighted by atomic mass is 16.3. The number of aliphatic hydroxyl groups is 1. The van der Waals surface area contributed by atoms with Gasteiger partial charge in [0, 0.05) is 50.1 Å². The topological polar surface area (TPSA) is 96.2 Å². The molecule has 0 aromatic carbocycles. The molecule has 2 aliphatic heterocycles. The van der Waals surface area contributed by atoms with Crippen molar-refractivity contribution in [3.8, 4) is 11.4 Å². The molecule has 8 heteroatoms. The van der Waals surface area contributed by atoms with Gasteiger partial charge in [0.15, 0.2) is 5.82 Å². The number of aryl methyl sites for hydroxylation is 1. The number of nitrogens with zero attached hydrogens (tertiary/aromatic N) is 5. The highest BCUT2D eigenvalue weighted by molar-refractivity contribution is 5.85. The van der Waals surface area contributed by atoms with E-state index in [4.69, 9.17) is 0 Å². The Kier molecular flexibility index (Phi) is 4.92. The van der Waals surface area contributed by atoms with Crippen molar-refractivity contribution in [1.29, 1.82) is 0 Å². The zero-order chi connectivity index (χ0) is 18.9. The first kappa shape index (κ1) is 18.1. The number of fused-ring (bicyclic) bond motifs is 1. The first-order valence-corrected chi connectivity index (χ1v) is 9.59. The molecular weight excluding hydrogens is 344 g/mol. The second kappa shape index (κ2) is 7.36. The molecule has 0 bridgehead atoms. The van der Waals surface area contributed by atoms with Crippen LogP contribution in [0.15, 0.2) is 24.5 Å². The summed E-state index contributed by atoms with van der Waals surface area (Å²) < 4.78 is 2.13. The lowest BCUT2D eigenvalue weighted by Gasteiger charge is -2.36. The maximum atomic E-state index is 12.7. The fourth-order valence-electron chi connectivity index (χ4n) is 3.88. The lowest BCUT2D eigenvalue weighted by molar-refractivity contribution is -0.145. The summed E-state index contributed by atoms with van der Waals surface area (Å²) in [5.41, 5.74) is -0.247. The minimum atomic E-state index is -1.24. The van der Waals surface area contributed by atoms with Gasteiger partial charge in [0.05, 0.1) is 0 Å². The molecule has 4 heterocycles. The molecule has 0 saturated carbocycles. The Hall–Kier alpha value is -2.32. The predicted octanol–water partition coefficient (Wildman–Crippen LogP) is 0.618. The van der Waals surface area contributed by atoms with E-state index in [0.29, 0.717) is 12.8 Å². The SMILES string of the molecule is CN1CCC(O)(C(=O)NC2CCc3nnc(-c4ccncc4)n3CC2)CC1. The van der Waals surface area contributed by atoms with Crippen molar-refractivity contribution >= 4 is 5.91 Å². The molecule has 0 spiro atoms. The Bertz CT molecular complexity index is 798. The number of carbonyl (C=O) groups is 1. The van der Waals surface area contributed by atoms with E-state index in [1.54, 1.807) is 12.4 Å². The lowest BCUT2D eigenvalue weighted by atomic mass is 9.90. The largest absolute Gasteiger partial charge is 0.380 e. The summed E-state index contributed by atoms with van der Waals surface area (Å²) in [5.74, 6) is 1.55. The Labute approximate surface area is 158 Å². The molecule has 1 atom stereocenters. The molecule has 0 aliphatic carbocycles.